The maximum atomic E-state index is 14.0. The summed E-state index contributed by atoms with van der Waals surface area (Å²) in [4.78, 5) is 15.7. The summed E-state index contributed by atoms with van der Waals surface area (Å²) in [6.45, 7) is 2.40. The first kappa shape index (κ1) is 13.1. The number of hydrogen-bond acceptors (Lipinski definition) is 4. The second-order valence-corrected chi connectivity index (χ2v) is 5.81. The fraction of sp³-hybridized carbons (Fsp3) is 0.286. The van der Waals surface area contributed by atoms with Gasteiger partial charge >= 0.3 is 0 Å². The van der Waals surface area contributed by atoms with Crippen LogP contribution >= 0.6 is 11.3 Å². The van der Waals surface area contributed by atoms with Crippen molar-refractivity contribution in [2.45, 2.75) is 26.3 Å². The van der Waals surface area contributed by atoms with Crippen molar-refractivity contribution in [3.05, 3.63) is 39.6 Å². The number of halogens is 1. The average molecular weight is 291 g/mol. The Bertz CT molecular complexity index is 668. The van der Waals surface area contributed by atoms with Gasteiger partial charge in [-0.15, -0.1) is 11.3 Å². The molecule has 2 aromatic rings. The lowest BCUT2D eigenvalue weighted by Crippen LogP contribution is -2.19. The second kappa shape index (κ2) is 5.20. The van der Waals surface area contributed by atoms with Crippen molar-refractivity contribution in [3.63, 3.8) is 0 Å². The van der Waals surface area contributed by atoms with E-state index < -0.39 is 0 Å². The van der Waals surface area contributed by atoms with Gasteiger partial charge in [-0.1, -0.05) is 0 Å². The molecule has 0 fully saturated rings. The van der Waals surface area contributed by atoms with Crippen molar-refractivity contribution >= 4 is 28.6 Å². The minimum absolute atomic E-state index is 0.0230. The van der Waals surface area contributed by atoms with Crippen LogP contribution in [0.4, 0.5) is 15.8 Å². The Balaban J connectivity index is 1.79. The summed E-state index contributed by atoms with van der Waals surface area (Å²) in [6, 6.07) is 3.14. The molecule has 1 aromatic carbocycles. The molecule has 1 aromatic heterocycles. The van der Waals surface area contributed by atoms with Crippen LogP contribution in [0.15, 0.2) is 17.5 Å². The minimum atomic E-state index is -0.299. The molecule has 1 aliphatic rings. The number of rotatable bonds is 3. The van der Waals surface area contributed by atoms with Crippen molar-refractivity contribution in [1.29, 1.82) is 0 Å². The van der Waals surface area contributed by atoms with Crippen molar-refractivity contribution in [1.82, 2.24) is 4.98 Å². The van der Waals surface area contributed by atoms with Crippen LogP contribution in [0, 0.1) is 12.7 Å². The Hall–Kier alpha value is -1.95. The smallest absolute Gasteiger partial charge is 0.224 e. The van der Waals surface area contributed by atoms with E-state index in [0.717, 1.165) is 16.3 Å². The summed E-state index contributed by atoms with van der Waals surface area (Å²) >= 11 is 1.57. The van der Waals surface area contributed by atoms with Gasteiger partial charge in [-0.05, 0) is 31.0 Å². The molecule has 1 amide bonds. The van der Waals surface area contributed by atoms with Crippen LogP contribution < -0.4 is 10.6 Å². The molecule has 104 valence electrons. The molecule has 0 saturated heterocycles. The molecule has 20 heavy (non-hydrogen) atoms. The highest BCUT2D eigenvalue weighted by Crippen LogP contribution is 2.28. The third kappa shape index (κ3) is 2.65. The van der Waals surface area contributed by atoms with E-state index in [9.17, 15) is 9.18 Å². The molecule has 4 nitrogen and oxygen atoms in total. The van der Waals surface area contributed by atoms with Gasteiger partial charge < -0.3 is 10.6 Å². The first-order valence-corrected chi connectivity index (χ1v) is 7.27. The van der Waals surface area contributed by atoms with Crippen molar-refractivity contribution in [2.75, 3.05) is 10.6 Å². The van der Waals surface area contributed by atoms with Gasteiger partial charge in [0.15, 0.2) is 0 Å². The molecule has 0 unspecified atom stereocenters. The molecule has 0 saturated carbocycles. The summed E-state index contributed by atoms with van der Waals surface area (Å²) in [5.41, 5.74) is 2.81. The molecule has 1 aliphatic heterocycles. The number of anilines is 2. The highest BCUT2D eigenvalue weighted by molar-refractivity contribution is 7.09. The lowest BCUT2D eigenvalue weighted by Gasteiger charge is -2.18. The van der Waals surface area contributed by atoms with Gasteiger partial charge in [0.05, 0.1) is 22.9 Å². The van der Waals surface area contributed by atoms with Crippen molar-refractivity contribution < 1.29 is 9.18 Å². The van der Waals surface area contributed by atoms with Gasteiger partial charge in [0.2, 0.25) is 5.91 Å². The SMILES string of the molecule is Cc1nc(CNc2cc3c(cc2F)CCC(=O)N3)cs1. The van der Waals surface area contributed by atoms with E-state index in [4.69, 9.17) is 0 Å². The van der Waals surface area contributed by atoms with Gasteiger partial charge in [-0.2, -0.15) is 0 Å². The summed E-state index contributed by atoms with van der Waals surface area (Å²) < 4.78 is 14.0. The average Bonchev–Trinajstić information content (AvgIpc) is 2.83. The molecule has 3 rings (SSSR count). The van der Waals surface area contributed by atoms with Crippen LogP contribution in [0.5, 0.6) is 0 Å². The Morgan fingerprint density at radius 2 is 2.30 bits per heavy atom. The number of nitrogens with zero attached hydrogens (tertiary/aromatic N) is 1. The summed E-state index contributed by atoms with van der Waals surface area (Å²) in [7, 11) is 0. The summed E-state index contributed by atoms with van der Waals surface area (Å²) in [6.07, 6.45) is 1.00. The fourth-order valence-electron chi connectivity index (χ4n) is 2.21. The van der Waals surface area contributed by atoms with E-state index in [0.29, 0.717) is 30.8 Å². The first-order valence-electron chi connectivity index (χ1n) is 6.39. The number of thiazole rings is 1. The molecule has 2 heterocycles. The largest absolute Gasteiger partial charge is 0.377 e. The number of aryl methyl sites for hydroxylation is 2. The topological polar surface area (TPSA) is 54.0 Å². The van der Waals surface area contributed by atoms with Crippen LogP contribution in [-0.2, 0) is 17.8 Å². The standard InChI is InChI=1S/C14H14FN3OS/c1-8-17-10(7-20-8)6-16-13-5-12-9(4-11(13)15)2-3-14(19)18-12/h4-5,7,16H,2-3,6H2,1H3,(H,18,19). The third-order valence-electron chi connectivity index (χ3n) is 3.21. The molecule has 0 radical (unpaired) electrons. The molecule has 0 bridgehead atoms. The maximum absolute atomic E-state index is 14.0. The summed E-state index contributed by atoms with van der Waals surface area (Å²) in [5, 5.41) is 8.73. The number of aromatic nitrogens is 1. The Morgan fingerprint density at radius 3 is 3.05 bits per heavy atom. The van der Waals surface area contributed by atoms with E-state index in [1.54, 1.807) is 17.4 Å². The normalized spacial score (nSPS) is 13.8. The molecule has 2 N–H and O–H groups in total. The highest BCUT2D eigenvalue weighted by atomic mass is 32.1. The third-order valence-corrected chi connectivity index (χ3v) is 4.04. The van der Waals surface area contributed by atoms with Gasteiger partial charge in [-0.25, -0.2) is 9.37 Å². The van der Waals surface area contributed by atoms with E-state index in [1.165, 1.54) is 6.07 Å². The van der Waals surface area contributed by atoms with Crippen LogP contribution in [0.2, 0.25) is 0 Å². The van der Waals surface area contributed by atoms with Crippen LogP contribution in [-0.4, -0.2) is 10.9 Å². The molecule has 0 spiro atoms. The Morgan fingerprint density at radius 1 is 1.45 bits per heavy atom. The highest BCUT2D eigenvalue weighted by Gasteiger charge is 2.17. The summed E-state index contributed by atoms with van der Waals surface area (Å²) in [5.74, 6) is -0.322. The predicted molar refractivity (Wildman–Crippen MR) is 77.5 cm³/mol. The van der Waals surface area contributed by atoms with E-state index >= 15 is 0 Å². The number of fused-ring (bicyclic) bond motifs is 1. The molecule has 0 aliphatic carbocycles. The lowest BCUT2D eigenvalue weighted by atomic mass is 10.0. The van der Waals surface area contributed by atoms with Crippen molar-refractivity contribution in [3.8, 4) is 0 Å². The van der Waals surface area contributed by atoms with E-state index in [2.05, 4.69) is 15.6 Å². The number of nitrogens with one attached hydrogen (secondary N) is 2. The number of carbonyl (C=O) groups is 1. The van der Waals surface area contributed by atoms with Gasteiger partial charge in [-0.3, -0.25) is 4.79 Å². The van der Waals surface area contributed by atoms with Crippen LogP contribution in [0.1, 0.15) is 22.7 Å². The van der Waals surface area contributed by atoms with Gasteiger partial charge in [0.1, 0.15) is 5.82 Å². The first-order chi connectivity index (χ1) is 9.61. The van der Waals surface area contributed by atoms with E-state index in [-0.39, 0.29) is 11.7 Å². The van der Waals surface area contributed by atoms with E-state index in [1.807, 2.05) is 12.3 Å². The molecule has 6 heteroatoms. The zero-order valence-corrected chi connectivity index (χ0v) is 11.8. The predicted octanol–water partition coefficient (Wildman–Crippen LogP) is 3.09. The molecule has 0 atom stereocenters. The number of hydrogen-bond donors (Lipinski definition) is 2. The monoisotopic (exact) mass is 291 g/mol. The lowest BCUT2D eigenvalue weighted by molar-refractivity contribution is -0.116. The van der Waals surface area contributed by atoms with Gasteiger partial charge in [0, 0.05) is 17.5 Å². The zero-order valence-electron chi connectivity index (χ0n) is 11.0. The molecular weight excluding hydrogens is 277 g/mol. The van der Waals surface area contributed by atoms with Crippen LogP contribution in [0.3, 0.4) is 0 Å². The quantitative estimate of drug-likeness (QED) is 0.913. The maximum Gasteiger partial charge on any atom is 0.224 e. The number of benzene rings is 1. The van der Waals surface area contributed by atoms with Gasteiger partial charge in [0.25, 0.3) is 0 Å². The number of carbonyl (C=O) groups excluding carboxylic acids is 1. The Labute approximate surface area is 120 Å². The van der Waals surface area contributed by atoms with Crippen LogP contribution in [0.25, 0.3) is 0 Å². The number of amides is 1. The zero-order chi connectivity index (χ0) is 14.1. The van der Waals surface area contributed by atoms with Crippen molar-refractivity contribution in [2.24, 2.45) is 0 Å². The Kier molecular flexibility index (Phi) is 3.40. The fourth-order valence-corrected chi connectivity index (χ4v) is 2.82. The minimum Gasteiger partial charge on any atom is -0.377 e. The second-order valence-electron chi connectivity index (χ2n) is 4.75. The molecular formula is C14H14FN3OS.